The Labute approximate surface area is 53.2 Å². The Kier molecular flexibility index (Phi) is 1.72. The first-order valence-electron chi connectivity index (χ1n) is 2.64. The van der Waals surface area contributed by atoms with Gasteiger partial charge in [-0.1, -0.05) is 0 Å². The van der Waals surface area contributed by atoms with Crippen LogP contribution in [0.15, 0.2) is 24.0 Å². The highest BCUT2D eigenvalue weighted by Crippen LogP contribution is 1.98. The molecule has 4 N–H and O–H groups in total. The van der Waals surface area contributed by atoms with Crippen LogP contribution in [0.5, 0.6) is 0 Å². The van der Waals surface area contributed by atoms with Gasteiger partial charge in [0.2, 0.25) is 0 Å². The van der Waals surface area contributed by atoms with Gasteiger partial charge < -0.3 is 5.73 Å². The van der Waals surface area contributed by atoms with Crippen molar-refractivity contribution in [2.75, 3.05) is 6.54 Å². The molecular weight excluding hydrogens is 118 g/mol. The first-order valence-corrected chi connectivity index (χ1v) is 2.64. The first-order chi connectivity index (χ1) is 4.33. The fraction of sp³-hybridized carbons (Fsp3) is 0.200. The molecule has 0 bridgehead atoms. The summed E-state index contributed by atoms with van der Waals surface area (Å²) in [6, 6.07) is 0. The zero-order valence-electron chi connectivity index (χ0n) is 4.91. The topological polar surface area (TPSA) is 61.5 Å². The molecule has 0 aromatic rings. The maximum absolute atomic E-state index is 8.75. The van der Waals surface area contributed by atoms with Crippen LogP contribution in [0, 0.1) is 0 Å². The van der Waals surface area contributed by atoms with Gasteiger partial charge in [-0.25, -0.2) is 0 Å². The number of nitrogens with one attached hydrogen (secondary N) is 1. The Balaban J connectivity index is 2.59. The summed E-state index contributed by atoms with van der Waals surface area (Å²) in [5.74, 6) is 0. The Morgan fingerprint density at radius 2 is 2.56 bits per heavy atom. The van der Waals surface area contributed by atoms with Crippen LogP contribution in [0.4, 0.5) is 0 Å². The van der Waals surface area contributed by atoms with Crippen molar-refractivity contribution in [3.05, 3.63) is 24.0 Å². The number of hydrogen-bond acceptors (Lipinski definition) is 4. The molecule has 0 aromatic carbocycles. The van der Waals surface area contributed by atoms with E-state index in [0.29, 0.717) is 6.54 Å². The number of hydrazine groups is 1. The van der Waals surface area contributed by atoms with Crippen LogP contribution in [-0.2, 0) is 0 Å². The highest BCUT2D eigenvalue weighted by atomic mass is 16.5. The van der Waals surface area contributed by atoms with Crippen molar-refractivity contribution >= 4 is 0 Å². The second-order valence-electron chi connectivity index (χ2n) is 1.72. The van der Waals surface area contributed by atoms with Crippen molar-refractivity contribution in [3.63, 3.8) is 0 Å². The largest absolute Gasteiger partial charge is 0.326 e. The smallest absolute Gasteiger partial charge is 0.0560 e. The Hall–Kier alpha value is -1.00. The van der Waals surface area contributed by atoms with Gasteiger partial charge in [-0.05, 0) is 11.6 Å². The van der Waals surface area contributed by atoms with E-state index in [9.17, 15) is 0 Å². The number of rotatable bonds is 1. The predicted molar refractivity (Wildman–Crippen MR) is 33.0 cm³/mol. The quantitative estimate of drug-likeness (QED) is 0.446. The molecule has 9 heavy (non-hydrogen) atoms. The molecule has 0 aliphatic carbocycles. The molecule has 1 aliphatic rings. The molecule has 4 nitrogen and oxygen atoms in total. The number of hydroxylamine groups is 1. The second kappa shape index (κ2) is 2.52. The minimum absolute atomic E-state index is 0.440. The van der Waals surface area contributed by atoms with Crippen LogP contribution in [-0.4, -0.2) is 16.9 Å². The summed E-state index contributed by atoms with van der Waals surface area (Å²) < 4.78 is 0. The third kappa shape index (κ3) is 1.45. The van der Waals surface area contributed by atoms with E-state index >= 15 is 0 Å². The average Bonchev–Trinajstić information content (AvgIpc) is 1.88. The van der Waals surface area contributed by atoms with Crippen molar-refractivity contribution in [2.45, 2.75) is 0 Å². The molecule has 4 heteroatoms. The Morgan fingerprint density at radius 1 is 1.78 bits per heavy atom. The van der Waals surface area contributed by atoms with Gasteiger partial charge in [0, 0.05) is 12.7 Å². The minimum atomic E-state index is 0.440. The molecule has 0 spiro atoms. The van der Waals surface area contributed by atoms with Crippen LogP contribution in [0.3, 0.4) is 0 Å². The summed E-state index contributed by atoms with van der Waals surface area (Å²) in [6.07, 6.45) is 4.93. The van der Waals surface area contributed by atoms with E-state index < -0.39 is 0 Å². The SMILES string of the molecule is NCC1=CN(O)NC=C1. The van der Waals surface area contributed by atoms with E-state index in [-0.39, 0.29) is 0 Å². The van der Waals surface area contributed by atoms with Crippen LogP contribution in [0.1, 0.15) is 0 Å². The lowest BCUT2D eigenvalue weighted by molar-refractivity contribution is -0.0768. The van der Waals surface area contributed by atoms with Gasteiger partial charge in [0.1, 0.15) is 0 Å². The molecule has 0 aromatic heterocycles. The van der Waals surface area contributed by atoms with Crippen molar-refractivity contribution in [1.29, 1.82) is 0 Å². The summed E-state index contributed by atoms with van der Waals surface area (Å²) in [5.41, 5.74) is 8.69. The fourth-order valence-electron chi connectivity index (χ4n) is 0.579. The highest BCUT2D eigenvalue weighted by Gasteiger charge is 1.97. The molecule has 1 aliphatic heterocycles. The molecule has 1 rings (SSSR count). The van der Waals surface area contributed by atoms with Crippen LogP contribution >= 0.6 is 0 Å². The van der Waals surface area contributed by atoms with Crippen molar-refractivity contribution in [3.8, 4) is 0 Å². The van der Waals surface area contributed by atoms with Gasteiger partial charge in [0.25, 0.3) is 0 Å². The zero-order chi connectivity index (χ0) is 6.69. The van der Waals surface area contributed by atoms with Crippen LogP contribution in [0.2, 0.25) is 0 Å². The van der Waals surface area contributed by atoms with E-state index in [1.165, 1.54) is 6.20 Å². The number of hydrogen-bond donors (Lipinski definition) is 3. The summed E-state index contributed by atoms with van der Waals surface area (Å²) in [7, 11) is 0. The van der Waals surface area contributed by atoms with Crippen molar-refractivity contribution < 1.29 is 5.21 Å². The summed E-state index contributed by atoms with van der Waals surface area (Å²) in [5, 5.41) is 9.61. The normalized spacial score (nSPS) is 17.1. The maximum atomic E-state index is 8.75. The Bertz CT molecular complexity index is 152. The van der Waals surface area contributed by atoms with Crippen molar-refractivity contribution in [1.82, 2.24) is 10.6 Å². The van der Waals surface area contributed by atoms with E-state index in [1.807, 2.05) is 0 Å². The first kappa shape index (κ1) is 6.12. The molecule has 0 amide bonds. The fourth-order valence-corrected chi connectivity index (χ4v) is 0.579. The van der Waals surface area contributed by atoms with Crippen LogP contribution in [0.25, 0.3) is 0 Å². The highest BCUT2D eigenvalue weighted by molar-refractivity contribution is 5.20. The van der Waals surface area contributed by atoms with E-state index in [4.69, 9.17) is 10.9 Å². The van der Waals surface area contributed by atoms with Crippen LogP contribution < -0.4 is 11.2 Å². The molecule has 1 heterocycles. The molecule has 0 fully saturated rings. The summed E-state index contributed by atoms with van der Waals surface area (Å²) >= 11 is 0. The standard InChI is InChI=1S/C5H9N3O/c6-3-5-1-2-7-8(9)4-5/h1-2,4,7,9H,3,6H2. The minimum Gasteiger partial charge on any atom is -0.326 e. The van der Waals surface area contributed by atoms with Gasteiger partial charge in [0.05, 0.1) is 6.20 Å². The molecule has 0 unspecified atom stereocenters. The predicted octanol–water partition coefficient (Wildman–Crippen LogP) is -0.448. The zero-order valence-corrected chi connectivity index (χ0v) is 4.91. The van der Waals surface area contributed by atoms with Gasteiger partial charge in [0.15, 0.2) is 0 Å². The molecule has 0 saturated carbocycles. The third-order valence-corrected chi connectivity index (χ3v) is 1.03. The summed E-state index contributed by atoms with van der Waals surface area (Å²) in [4.78, 5) is 0. The second-order valence-corrected chi connectivity index (χ2v) is 1.72. The molecule has 0 saturated heterocycles. The van der Waals surface area contributed by atoms with E-state index in [0.717, 1.165) is 10.7 Å². The lowest BCUT2D eigenvalue weighted by Crippen LogP contribution is -2.28. The molecular formula is C5H9N3O. The Morgan fingerprint density at radius 3 is 3.00 bits per heavy atom. The molecule has 0 atom stereocenters. The van der Waals surface area contributed by atoms with Gasteiger partial charge in [-0.3, -0.25) is 10.6 Å². The number of nitrogens with two attached hydrogens (primary N) is 1. The number of nitrogens with zero attached hydrogens (tertiary/aromatic N) is 1. The maximum Gasteiger partial charge on any atom is 0.0560 e. The average molecular weight is 127 g/mol. The third-order valence-electron chi connectivity index (χ3n) is 1.03. The monoisotopic (exact) mass is 127 g/mol. The summed E-state index contributed by atoms with van der Waals surface area (Å²) in [6.45, 7) is 0.440. The van der Waals surface area contributed by atoms with Gasteiger partial charge in [-0.15, -0.1) is 0 Å². The lowest BCUT2D eigenvalue weighted by Gasteiger charge is -2.15. The van der Waals surface area contributed by atoms with Gasteiger partial charge >= 0.3 is 0 Å². The van der Waals surface area contributed by atoms with E-state index in [1.54, 1.807) is 12.3 Å². The van der Waals surface area contributed by atoms with Crippen molar-refractivity contribution in [2.24, 2.45) is 5.73 Å². The van der Waals surface area contributed by atoms with Gasteiger partial charge in [-0.2, -0.15) is 5.17 Å². The van der Waals surface area contributed by atoms with E-state index in [2.05, 4.69) is 5.43 Å². The molecule has 50 valence electrons. The lowest BCUT2D eigenvalue weighted by atomic mass is 10.3. The molecule has 0 radical (unpaired) electrons.